The van der Waals surface area contributed by atoms with Gasteiger partial charge in [-0.1, -0.05) is 12.1 Å². The van der Waals surface area contributed by atoms with E-state index in [1.807, 2.05) is 0 Å². The molecule has 0 heterocycles. The number of carbonyl (C=O) groups excluding carboxylic acids is 1. The van der Waals surface area contributed by atoms with Gasteiger partial charge in [0, 0.05) is 34.5 Å². The predicted octanol–water partition coefficient (Wildman–Crippen LogP) is 1.20. The molecule has 0 bridgehead atoms. The first-order valence-corrected chi connectivity index (χ1v) is 7.68. The lowest BCUT2D eigenvalue weighted by atomic mass is 10.1. The monoisotopic (exact) mass is 298 g/mol. The van der Waals surface area contributed by atoms with E-state index in [1.54, 1.807) is 37.4 Å². The average Bonchev–Trinajstić information content (AvgIpc) is 2.37. The van der Waals surface area contributed by atoms with Gasteiger partial charge in [0.05, 0.1) is 6.42 Å². The van der Waals surface area contributed by atoms with Gasteiger partial charge in [-0.15, -0.1) is 0 Å². The van der Waals surface area contributed by atoms with Crippen LogP contribution in [0.15, 0.2) is 24.3 Å². The van der Waals surface area contributed by atoms with Crippen LogP contribution in [0.5, 0.6) is 0 Å². The number of amides is 2. The normalized spacial score (nSPS) is 13.3. The second-order valence-electron chi connectivity index (χ2n) is 4.41. The third-order valence-electron chi connectivity index (χ3n) is 2.68. The van der Waals surface area contributed by atoms with Crippen molar-refractivity contribution in [3.8, 4) is 0 Å². The average molecular weight is 298 g/mol. The maximum atomic E-state index is 11.6. The van der Waals surface area contributed by atoms with E-state index in [0.717, 1.165) is 0 Å². The number of benzene rings is 1. The number of nitrogens with one attached hydrogen (secondary N) is 2. The van der Waals surface area contributed by atoms with Crippen molar-refractivity contribution in [3.05, 3.63) is 29.8 Å². The Bertz CT molecular complexity index is 502. The van der Waals surface area contributed by atoms with Gasteiger partial charge in [-0.25, -0.2) is 4.79 Å². The molecular formula is C13H18N2O4S. The Hall–Kier alpha value is -1.89. The van der Waals surface area contributed by atoms with Crippen LogP contribution in [-0.2, 0) is 22.0 Å². The SMILES string of the molecule is CC(CNC(=O)Nc1ccc(CC(=O)O)cc1)S(C)=O. The van der Waals surface area contributed by atoms with Crippen LogP contribution in [0.3, 0.4) is 0 Å². The third kappa shape index (κ3) is 5.83. The molecule has 0 aromatic heterocycles. The molecule has 1 aromatic carbocycles. The number of anilines is 1. The fourth-order valence-electron chi connectivity index (χ4n) is 1.41. The molecule has 0 aliphatic heterocycles. The van der Waals surface area contributed by atoms with E-state index in [4.69, 9.17) is 5.11 Å². The Morgan fingerprint density at radius 2 is 1.90 bits per heavy atom. The summed E-state index contributed by atoms with van der Waals surface area (Å²) in [5.41, 5.74) is 1.24. The van der Waals surface area contributed by atoms with Crippen LogP contribution in [0, 0.1) is 0 Å². The molecule has 0 radical (unpaired) electrons. The molecule has 110 valence electrons. The van der Waals surface area contributed by atoms with Crippen LogP contribution >= 0.6 is 0 Å². The number of aliphatic carboxylic acids is 1. The highest BCUT2D eigenvalue weighted by molar-refractivity contribution is 7.84. The van der Waals surface area contributed by atoms with Gasteiger partial charge < -0.3 is 15.7 Å². The van der Waals surface area contributed by atoms with Crippen LogP contribution in [0.25, 0.3) is 0 Å². The molecular weight excluding hydrogens is 280 g/mol. The number of carboxylic acids is 1. The fraction of sp³-hybridized carbons (Fsp3) is 0.385. The number of hydrogen-bond acceptors (Lipinski definition) is 3. The first-order valence-electron chi connectivity index (χ1n) is 6.06. The summed E-state index contributed by atoms with van der Waals surface area (Å²) < 4.78 is 11.1. The third-order valence-corrected chi connectivity index (χ3v) is 3.98. The number of hydrogen-bond donors (Lipinski definition) is 3. The Morgan fingerprint density at radius 3 is 2.40 bits per heavy atom. The molecule has 20 heavy (non-hydrogen) atoms. The molecule has 0 spiro atoms. The Kier molecular flexibility index (Phi) is 6.17. The van der Waals surface area contributed by atoms with Crippen molar-refractivity contribution in [3.63, 3.8) is 0 Å². The summed E-state index contributed by atoms with van der Waals surface area (Å²) in [6.45, 7) is 2.11. The van der Waals surface area contributed by atoms with Gasteiger partial charge in [-0.05, 0) is 24.6 Å². The van der Waals surface area contributed by atoms with Gasteiger partial charge in [0.15, 0.2) is 0 Å². The predicted molar refractivity (Wildman–Crippen MR) is 78.3 cm³/mol. The van der Waals surface area contributed by atoms with Crippen molar-refractivity contribution in [1.82, 2.24) is 5.32 Å². The second kappa shape index (κ2) is 7.64. The van der Waals surface area contributed by atoms with E-state index in [-0.39, 0.29) is 17.7 Å². The smallest absolute Gasteiger partial charge is 0.319 e. The molecule has 0 fully saturated rings. The molecule has 1 rings (SSSR count). The zero-order valence-corrected chi connectivity index (χ0v) is 12.2. The van der Waals surface area contributed by atoms with Crippen LogP contribution in [0.1, 0.15) is 12.5 Å². The molecule has 0 saturated carbocycles. The molecule has 2 atom stereocenters. The zero-order valence-electron chi connectivity index (χ0n) is 11.4. The van der Waals surface area contributed by atoms with Gasteiger partial charge in [0.2, 0.25) is 0 Å². The number of rotatable bonds is 6. The van der Waals surface area contributed by atoms with Gasteiger partial charge in [-0.2, -0.15) is 0 Å². The highest BCUT2D eigenvalue weighted by Gasteiger charge is 2.08. The fourth-order valence-corrected chi connectivity index (χ4v) is 1.73. The summed E-state index contributed by atoms with van der Waals surface area (Å²) in [6.07, 6.45) is 1.54. The molecule has 3 N–H and O–H groups in total. The zero-order chi connectivity index (χ0) is 15.1. The first-order chi connectivity index (χ1) is 9.38. The van der Waals surface area contributed by atoms with Crippen LogP contribution in [-0.4, -0.2) is 39.4 Å². The molecule has 0 aliphatic rings. The van der Waals surface area contributed by atoms with E-state index in [2.05, 4.69) is 10.6 Å². The lowest BCUT2D eigenvalue weighted by Gasteiger charge is -2.11. The van der Waals surface area contributed by atoms with E-state index < -0.39 is 16.8 Å². The quantitative estimate of drug-likeness (QED) is 0.735. The summed E-state index contributed by atoms with van der Waals surface area (Å²) >= 11 is 0. The summed E-state index contributed by atoms with van der Waals surface area (Å²) in [5.74, 6) is -0.898. The Morgan fingerprint density at radius 1 is 1.30 bits per heavy atom. The molecule has 2 unspecified atom stereocenters. The van der Waals surface area contributed by atoms with E-state index in [9.17, 15) is 13.8 Å². The van der Waals surface area contributed by atoms with Crippen molar-refractivity contribution in [2.75, 3.05) is 18.1 Å². The number of carbonyl (C=O) groups is 2. The number of carboxylic acid groups (broad SMARTS) is 1. The van der Waals surface area contributed by atoms with Gasteiger partial charge in [-0.3, -0.25) is 9.00 Å². The van der Waals surface area contributed by atoms with Crippen molar-refractivity contribution < 1.29 is 18.9 Å². The Labute approximate surface area is 120 Å². The topological polar surface area (TPSA) is 95.5 Å². The molecule has 7 heteroatoms. The largest absolute Gasteiger partial charge is 0.481 e. The van der Waals surface area contributed by atoms with Crippen molar-refractivity contribution in [1.29, 1.82) is 0 Å². The minimum atomic E-state index is -0.980. The summed E-state index contributed by atoms with van der Waals surface area (Å²) in [7, 11) is -0.980. The van der Waals surface area contributed by atoms with Gasteiger partial charge in [0.25, 0.3) is 0 Å². The van der Waals surface area contributed by atoms with Crippen molar-refractivity contribution in [2.45, 2.75) is 18.6 Å². The van der Waals surface area contributed by atoms with E-state index in [1.165, 1.54) is 0 Å². The van der Waals surface area contributed by atoms with Crippen molar-refractivity contribution >= 4 is 28.5 Å². The maximum absolute atomic E-state index is 11.6. The molecule has 0 aliphatic carbocycles. The standard InChI is InChI=1S/C13H18N2O4S/c1-9(20(2)19)8-14-13(18)15-11-5-3-10(4-6-11)7-12(16)17/h3-6,9H,7-8H2,1-2H3,(H,16,17)(H2,14,15,18). The minimum Gasteiger partial charge on any atom is -0.481 e. The highest BCUT2D eigenvalue weighted by atomic mass is 32.2. The molecule has 1 aromatic rings. The minimum absolute atomic E-state index is 0.0493. The highest BCUT2D eigenvalue weighted by Crippen LogP contribution is 2.10. The van der Waals surface area contributed by atoms with Gasteiger partial charge >= 0.3 is 12.0 Å². The van der Waals surface area contributed by atoms with Crippen molar-refractivity contribution in [2.24, 2.45) is 0 Å². The van der Waals surface area contributed by atoms with Gasteiger partial charge in [0.1, 0.15) is 0 Å². The van der Waals surface area contributed by atoms with Crippen LogP contribution in [0.4, 0.5) is 10.5 Å². The maximum Gasteiger partial charge on any atom is 0.319 e. The summed E-state index contributed by atoms with van der Waals surface area (Å²) in [4.78, 5) is 22.1. The van der Waals surface area contributed by atoms with E-state index in [0.29, 0.717) is 17.8 Å². The summed E-state index contributed by atoms with van der Waals surface area (Å²) in [5, 5.41) is 13.8. The molecule has 6 nitrogen and oxygen atoms in total. The molecule has 2 amide bonds. The van der Waals surface area contributed by atoms with E-state index >= 15 is 0 Å². The van der Waals surface area contributed by atoms with Crippen LogP contribution < -0.4 is 10.6 Å². The number of urea groups is 1. The first kappa shape index (κ1) is 16.2. The van der Waals surface area contributed by atoms with Crippen LogP contribution in [0.2, 0.25) is 0 Å². The Balaban J connectivity index is 2.46. The lowest BCUT2D eigenvalue weighted by molar-refractivity contribution is -0.136. The second-order valence-corrected chi connectivity index (χ2v) is 6.21. The molecule has 0 saturated heterocycles. The summed E-state index contributed by atoms with van der Waals surface area (Å²) in [6, 6.07) is 6.19. The lowest BCUT2D eigenvalue weighted by Crippen LogP contribution is -2.35.